The van der Waals surface area contributed by atoms with Gasteiger partial charge in [0.2, 0.25) is 0 Å². The molecule has 2 heterocycles. The number of hydrogen-bond acceptors (Lipinski definition) is 3. The highest BCUT2D eigenvalue weighted by molar-refractivity contribution is 7.11. The van der Waals surface area contributed by atoms with E-state index < -0.39 is 0 Å². The molecule has 3 aromatic rings. The first-order chi connectivity index (χ1) is 13.1. The number of rotatable bonds is 7. The molecule has 0 aliphatic carbocycles. The molecule has 144 valence electrons. The maximum Gasteiger partial charge on any atom is 0.191 e. The van der Waals surface area contributed by atoms with Crippen molar-refractivity contribution in [2.75, 3.05) is 19.6 Å². The van der Waals surface area contributed by atoms with Crippen LogP contribution >= 0.6 is 11.3 Å². The van der Waals surface area contributed by atoms with Crippen LogP contribution in [0, 0.1) is 20.8 Å². The predicted octanol–water partition coefficient (Wildman–Crippen LogP) is 3.89. The lowest BCUT2D eigenvalue weighted by Crippen LogP contribution is -2.38. The molecule has 0 fully saturated rings. The molecule has 0 aliphatic heterocycles. The Balaban J connectivity index is 1.54. The van der Waals surface area contributed by atoms with E-state index in [9.17, 15) is 0 Å². The van der Waals surface area contributed by atoms with Crippen LogP contribution in [0.1, 0.15) is 33.6 Å². The standard InChI is InChI=1S/C21H29N5S/c1-5-22-21(24-11-9-20-26-15(3)16(4)27-20)23-10-8-17-13-25-19-12-14(2)6-7-18(17)19/h6-7,12-13,25H,5,8-11H2,1-4H3,(H2,22,23,24). The summed E-state index contributed by atoms with van der Waals surface area (Å²) in [5.74, 6) is 0.873. The average molecular weight is 384 g/mol. The second-order valence-electron chi connectivity index (χ2n) is 6.80. The number of nitrogens with zero attached hydrogens (tertiary/aromatic N) is 2. The summed E-state index contributed by atoms with van der Waals surface area (Å²) < 4.78 is 0. The maximum absolute atomic E-state index is 4.69. The van der Waals surface area contributed by atoms with Crippen molar-refractivity contribution in [3.05, 3.63) is 51.1 Å². The Hall–Kier alpha value is -2.34. The van der Waals surface area contributed by atoms with Crippen LogP contribution in [0.15, 0.2) is 29.4 Å². The van der Waals surface area contributed by atoms with Gasteiger partial charge in [0.25, 0.3) is 0 Å². The number of guanidine groups is 1. The molecule has 0 radical (unpaired) electrons. The van der Waals surface area contributed by atoms with Crippen LogP contribution in [0.25, 0.3) is 10.9 Å². The van der Waals surface area contributed by atoms with Crippen molar-refractivity contribution in [2.45, 2.75) is 40.5 Å². The van der Waals surface area contributed by atoms with Gasteiger partial charge in [0.1, 0.15) is 0 Å². The first kappa shape index (κ1) is 19.4. The van der Waals surface area contributed by atoms with E-state index in [1.807, 2.05) is 0 Å². The molecule has 3 N–H and O–H groups in total. The molecule has 1 aromatic carbocycles. The Morgan fingerprint density at radius 1 is 1.19 bits per heavy atom. The molecule has 27 heavy (non-hydrogen) atoms. The number of H-pyrrole nitrogens is 1. The van der Waals surface area contributed by atoms with Crippen LogP contribution in [0.2, 0.25) is 0 Å². The number of aliphatic imine (C=N–C) groups is 1. The highest BCUT2D eigenvalue weighted by Crippen LogP contribution is 2.19. The zero-order chi connectivity index (χ0) is 19.2. The number of nitrogens with one attached hydrogen (secondary N) is 3. The molecule has 3 rings (SSSR count). The minimum absolute atomic E-state index is 0.744. The van der Waals surface area contributed by atoms with Crippen molar-refractivity contribution in [3.63, 3.8) is 0 Å². The number of aromatic amines is 1. The fourth-order valence-electron chi connectivity index (χ4n) is 3.07. The second kappa shape index (κ2) is 9.04. The molecule has 0 amide bonds. The van der Waals surface area contributed by atoms with Gasteiger partial charge in [-0.1, -0.05) is 12.1 Å². The molecule has 0 aliphatic rings. The minimum atomic E-state index is 0.744. The Labute approximate surface area is 165 Å². The van der Waals surface area contributed by atoms with E-state index in [-0.39, 0.29) is 0 Å². The average Bonchev–Trinajstić information content (AvgIpc) is 3.17. The molecule has 0 spiro atoms. The zero-order valence-electron chi connectivity index (χ0n) is 16.6. The molecule has 0 saturated heterocycles. The maximum atomic E-state index is 4.69. The summed E-state index contributed by atoms with van der Waals surface area (Å²) >= 11 is 1.77. The Kier molecular flexibility index (Phi) is 6.50. The fourth-order valence-corrected chi connectivity index (χ4v) is 4.00. The lowest BCUT2D eigenvalue weighted by Gasteiger charge is -2.11. The molecule has 6 heteroatoms. The summed E-state index contributed by atoms with van der Waals surface area (Å²) in [6.45, 7) is 10.8. The second-order valence-corrected chi connectivity index (χ2v) is 8.09. The minimum Gasteiger partial charge on any atom is -0.361 e. The quantitative estimate of drug-likeness (QED) is 0.428. The summed E-state index contributed by atoms with van der Waals surface area (Å²) in [5.41, 5.74) is 4.96. The van der Waals surface area contributed by atoms with Gasteiger partial charge >= 0.3 is 0 Å². The van der Waals surface area contributed by atoms with E-state index in [0.717, 1.165) is 44.1 Å². The van der Waals surface area contributed by atoms with Gasteiger partial charge in [0.05, 0.1) is 10.7 Å². The summed E-state index contributed by atoms with van der Waals surface area (Å²) in [7, 11) is 0. The third-order valence-corrected chi connectivity index (χ3v) is 5.75. The van der Waals surface area contributed by atoms with Crippen LogP contribution in [0.4, 0.5) is 0 Å². The van der Waals surface area contributed by atoms with Gasteiger partial charge in [-0.15, -0.1) is 11.3 Å². The largest absolute Gasteiger partial charge is 0.361 e. The summed E-state index contributed by atoms with van der Waals surface area (Å²) in [5, 5.41) is 9.24. The summed E-state index contributed by atoms with van der Waals surface area (Å²) in [4.78, 5) is 14.0. The fraction of sp³-hybridized carbons (Fsp3) is 0.429. The molecule has 0 saturated carbocycles. The molecule has 5 nitrogen and oxygen atoms in total. The smallest absolute Gasteiger partial charge is 0.191 e. The van der Waals surface area contributed by atoms with E-state index in [2.05, 4.69) is 72.7 Å². The molecular formula is C21H29N5S. The summed E-state index contributed by atoms with van der Waals surface area (Å²) in [6.07, 6.45) is 3.96. The van der Waals surface area contributed by atoms with E-state index in [4.69, 9.17) is 4.99 Å². The number of benzene rings is 1. The molecular weight excluding hydrogens is 354 g/mol. The van der Waals surface area contributed by atoms with Gasteiger partial charge < -0.3 is 15.6 Å². The third kappa shape index (κ3) is 5.10. The van der Waals surface area contributed by atoms with Crippen LogP contribution < -0.4 is 10.6 Å². The monoisotopic (exact) mass is 383 g/mol. The van der Waals surface area contributed by atoms with E-state index in [1.165, 1.54) is 31.9 Å². The van der Waals surface area contributed by atoms with Crippen molar-refractivity contribution in [1.82, 2.24) is 20.6 Å². The first-order valence-electron chi connectivity index (χ1n) is 9.58. The van der Waals surface area contributed by atoms with Crippen molar-refractivity contribution in [2.24, 2.45) is 4.99 Å². The Bertz CT molecular complexity index is 902. The van der Waals surface area contributed by atoms with Crippen molar-refractivity contribution in [1.29, 1.82) is 0 Å². The topological polar surface area (TPSA) is 65.1 Å². The van der Waals surface area contributed by atoms with E-state index >= 15 is 0 Å². The van der Waals surface area contributed by atoms with Crippen LogP contribution in [-0.4, -0.2) is 35.6 Å². The SMILES string of the molecule is CCNC(=NCCc1nc(C)c(C)s1)NCCc1c[nH]c2cc(C)ccc12. The van der Waals surface area contributed by atoms with E-state index in [0.29, 0.717) is 0 Å². The van der Waals surface area contributed by atoms with Gasteiger partial charge in [-0.3, -0.25) is 4.99 Å². The normalized spacial score (nSPS) is 11.9. The Morgan fingerprint density at radius 3 is 2.78 bits per heavy atom. The number of aromatic nitrogens is 2. The lowest BCUT2D eigenvalue weighted by molar-refractivity contribution is 0.798. The molecule has 2 aromatic heterocycles. The molecule has 0 atom stereocenters. The zero-order valence-corrected chi connectivity index (χ0v) is 17.5. The number of fused-ring (bicyclic) bond motifs is 1. The number of thiazole rings is 1. The third-order valence-electron chi connectivity index (χ3n) is 4.62. The summed E-state index contributed by atoms with van der Waals surface area (Å²) in [6, 6.07) is 6.56. The van der Waals surface area contributed by atoms with Crippen molar-refractivity contribution < 1.29 is 0 Å². The predicted molar refractivity (Wildman–Crippen MR) is 116 cm³/mol. The van der Waals surface area contributed by atoms with Gasteiger partial charge in [-0.25, -0.2) is 4.98 Å². The number of aryl methyl sites for hydroxylation is 3. The molecule has 0 unspecified atom stereocenters. The van der Waals surface area contributed by atoms with Crippen LogP contribution in [0.3, 0.4) is 0 Å². The number of hydrogen-bond donors (Lipinski definition) is 3. The van der Waals surface area contributed by atoms with E-state index in [1.54, 1.807) is 11.3 Å². The van der Waals surface area contributed by atoms with Gasteiger partial charge in [0, 0.05) is 48.0 Å². The van der Waals surface area contributed by atoms with Gasteiger partial charge in [0.15, 0.2) is 5.96 Å². The molecule has 0 bridgehead atoms. The van der Waals surface area contributed by atoms with Crippen molar-refractivity contribution >= 4 is 28.2 Å². The van der Waals surface area contributed by atoms with Gasteiger partial charge in [-0.2, -0.15) is 0 Å². The van der Waals surface area contributed by atoms with Crippen LogP contribution in [-0.2, 0) is 12.8 Å². The highest BCUT2D eigenvalue weighted by Gasteiger charge is 2.05. The van der Waals surface area contributed by atoms with Crippen molar-refractivity contribution in [3.8, 4) is 0 Å². The lowest BCUT2D eigenvalue weighted by atomic mass is 10.1. The highest BCUT2D eigenvalue weighted by atomic mass is 32.1. The Morgan fingerprint density at radius 2 is 2.04 bits per heavy atom. The first-order valence-corrected chi connectivity index (χ1v) is 10.4. The van der Waals surface area contributed by atoms with Crippen LogP contribution in [0.5, 0.6) is 0 Å². The van der Waals surface area contributed by atoms with Gasteiger partial charge in [-0.05, 0) is 51.3 Å².